The fourth-order valence-corrected chi connectivity index (χ4v) is 2.50. The number of halogens is 1. The van der Waals surface area contributed by atoms with Gasteiger partial charge in [0.05, 0.1) is 6.26 Å². The minimum atomic E-state index is 0.995. The van der Waals surface area contributed by atoms with E-state index in [1.807, 2.05) is 6.26 Å². The molecule has 0 saturated carbocycles. The molecule has 0 atom stereocenters. The Hall–Kier alpha value is -0.800. The van der Waals surface area contributed by atoms with E-state index in [1.165, 1.54) is 26.5 Å². The van der Waals surface area contributed by atoms with Gasteiger partial charge in [0.1, 0.15) is 5.58 Å². The summed E-state index contributed by atoms with van der Waals surface area (Å²) >= 11 is 3.64. The molecule has 1 N–H and O–H groups in total. The van der Waals surface area contributed by atoms with Crippen molar-refractivity contribution in [3.05, 3.63) is 33.5 Å². The number of likely N-dealkylation sites (N-methyl/N-ethyl adjacent to an activating group) is 1. The van der Waals surface area contributed by atoms with E-state index >= 15 is 0 Å². The summed E-state index contributed by atoms with van der Waals surface area (Å²) in [6.45, 7) is 8.37. The molecule has 0 bridgehead atoms. The van der Waals surface area contributed by atoms with Crippen molar-refractivity contribution < 1.29 is 4.42 Å². The van der Waals surface area contributed by atoms with Crippen molar-refractivity contribution >= 4 is 26.9 Å². The second-order valence-corrected chi connectivity index (χ2v) is 5.16. The van der Waals surface area contributed by atoms with Gasteiger partial charge in [-0.25, -0.2) is 0 Å². The van der Waals surface area contributed by atoms with E-state index in [-0.39, 0.29) is 0 Å². The number of nitrogens with one attached hydrogen (secondary N) is 1. The van der Waals surface area contributed by atoms with Crippen LogP contribution in [-0.2, 0) is 6.42 Å². The highest BCUT2D eigenvalue weighted by Crippen LogP contribution is 2.32. The third-order valence-electron chi connectivity index (χ3n) is 3.11. The number of hydrogen-bond acceptors (Lipinski definition) is 2. The molecule has 2 aromatic rings. The highest BCUT2D eigenvalue weighted by Gasteiger charge is 2.12. The van der Waals surface area contributed by atoms with Crippen LogP contribution < -0.4 is 5.32 Å². The Balaban J connectivity index is 2.41. The third kappa shape index (κ3) is 2.40. The maximum atomic E-state index is 5.65. The van der Waals surface area contributed by atoms with E-state index in [4.69, 9.17) is 4.42 Å². The summed E-state index contributed by atoms with van der Waals surface area (Å²) in [7, 11) is 0. The first-order chi connectivity index (χ1) is 8.15. The van der Waals surface area contributed by atoms with Gasteiger partial charge in [0, 0.05) is 9.86 Å². The molecule has 17 heavy (non-hydrogen) atoms. The first-order valence-electron chi connectivity index (χ1n) is 6.01. The topological polar surface area (TPSA) is 25.2 Å². The van der Waals surface area contributed by atoms with Gasteiger partial charge in [-0.3, -0.25) is 0 Å². The van der Waals surface area contributed by atoms with Gasteiger partial charge in [-0.2, -0.15) is 0 Å². The number of benzene rings is 1. The van der Waals surface area contributed by atoms with E-state index < -0.39 is 0 Å². The van der Waals surface area contributed by atoms with Gasteiger partial charge < -0.3 is 9.73 Å². The van der Waals surface area contributed by atoms with Gasteiger partial charge in [0.25, 0.3) is 0 Å². The van der Waals surface area contributed by atoms with Crippen LogP contribution >= 0.6 is 15.9 Å². The number of aryl methyl sites for hydroxylation is 2. The molecule has 2 rings (SSSR count). The van der Waals surface area contributed by atoms with E-state index in [1.54, 1.807) is 0 Å². The Labute approximate surface area is 111 Å². The average Bonchev–Trinajstić information content (AvgIpc) is 2.70. The van der Waals surface area contributed by atoms with E-state index in [0.717, 1.165) is 25.1 Å². The Morgan fingerprint density at radius 1 is 1.35 bits per heavy atom. The number of furan rings is 1. The molecule has 0 spiro atoms. The molecule has 0 radical (unpaired) electrons. The molecular formula is C14H18BrNO. The summed E-state index contributed by atoms with van der Waals surface area (Å²) in [6, 6.07) is 2.10. The van der Waals surface area contributed by atoms with Gasteiger partial charge in [0.15, 0.2) is 0 Å². The van der Waals surface area contributed by atoms with Crippen LogP contribution in [0.2, 0.25) is 0 Å². The maximum Gasteiger partial charge on any atom is 0.134 e. The van der Waals surface area contributed by atoms with Crippen LogP contribution in [0.3, 0.4) is 0 Å². The van der Waals surface area contributed by atoms with Crippen LogP contribution in [0.25, 0.3) is 11.0 Å². The summed E-state index contributed by atoms with van der Waals surface area (Å²) in [5, 5.41) is 4.61. The summed E-state index contributed by atoms with van der Waals surface area (Å²) in [4.78, 5) is 0. The molecule has 3 heteroatoms. The van der Waals surface area contributed by atoms with E-state index in [9.17, 15) is 0 Å². The Kier molecular flexibility index (Phi) is 3.89. The van der Waals surface area contributed by atoms with E-state index in [0.29, 0.717) is 0 Å². The standard InChI is InChI=1S/C14H18BrNO/c1-4-16-6-5-11-8-17-12-7-9(2)14(15)10(3)13(11)12/h7-8,16H,4-6H2,1-3H3. The SMILES string of the molecule is CCNCCc1coc2cc(C)c(Br)c(C)c12. The van der Waals surface area contributed by atoms with Crippen molar-refractivity contribution in [1.82, 2.24) is 5.32 Å². The fraction of sp³-hybridized carbons (Fsp3) is 0.429. The van der Waals surface area contributed by atoms with Crippen LogP contribution in [0.5, 0.6) is 0 Å². The predicted octanol–water partition coefficient (Wildman–Crippen LogP) is 3.96. The number of rotatable bonds is 4. The lowest BCUT2D eigenvalue weighted by atomic mass is 10.0. The number of fused-ring (bicyclic) bond motifs is 1. The van der Waals surface area contributed by atoms with Gasteiger partial charge in [0.2, 0.25) is 0 Å². The summed E-state index contributed by atoms with van der Waals surface area (Å²) in [5.41, 5.74) is 4.79. The zero-order chi connectivity index (χ0) is 12.4. The summed E-state index contributed by atoms with van der Waals surface area (Å²) in [5.74, 6) is 0. The zero-order valence-corrected chi connectivity index (χ0v) is 12.1. The molecule has 0 aliphatic carbocycles. The molecular weight excluding hydrogens is 278 g/mol. The summed E-state index contributed by atoms with van der Waals surface area (Å²) < 4.78 is 6.84. The van der Waals surface area contributed by atoms with Gasteiger partial charge in [-0.05, 0) is 56.1 Å². The molecule has 0 unspecified atom stereocenters. The zero-order valence-electron chi connectivity index (χ0n) is 10.6. The van der Waals surface area contributed by atoms with Crippen molar-refractivity contribution in [3.8, 4) is 0 Å². The molecule has 1 aromatic heterocycles. The highest BCUT2D eigenvalue weighted by atomic mass is 79.9. The normalized spacial score (nSPS) is 11.3. The van der Waals surface area contributed by atoms with Crippen molar-refractivity contribution in [2.45, 2.75) is 27.2 Å². The quantitative estimate of drug-likeness (QED) is 0.864. The molecule has 2 nitrogen and oxygen atoms in total. The van der Waals surface area contributed by atoms with Crippen LogP contribution in [-0.4, -0.2) is 13.1 Å². The molecule has 92 valence electrons. The average molecular weight is 296 g/mol. The minimum Gasteiger partial charge on any atom is -0.464 e. The van der Waals surface area contributed by atoms with Crippen molar-refractivity contribution in [3.63, 3.8) is 0 Å². The van der Waals surface area contributed by atoms with Gasteiger partial charge in [-0.15, -0.1) is 0 Å². The second-order valence-electron chi connectivity index (χ2n) is 4.37. The van der Waals surface area contributed by atoms with Crippen LogP contribution in [0, 0.1) is 13.8 Å². The molecule has 0 saturated heterocycles. The lowest BCUT2D eigenvalue weighted by Crippen LogP contribution is -2.15. The first kappa shape index (κ1) is 12.7. The third-order valence-corrected chi connectivity index (χ3v) is 4.33. The molecule has 1 heterocycles. The van der Waals surface area contributed by atoms with Crippen molar-refractivity contribution in [2.75, 3.05) is 13.1 Å². The Morgan fingerprint density at radius 3 is 2.82 bits per heavy atom. The monoisotopic (exact) mass is 295 g/mol. The Bertz CT molecular complexity index is 530. The minimum absolute atomic E-state index is 0.995. The summed E-state index contributed by atoms with van der Waals surface area (Å²) in [6.07, 6.45) is 2.90. The second kappa shape index (κ2) is 5.23. The van der Waals surface area contributed by atoms with Crippen LogP contribution in [0.15, 0.2) is 21.2 Å². The molecule has 0 amide bonds. The molecule has 0 fully saturated rings. The molecule has 0 aliphatic rings. The predicted molar refractivity (Wildman–Crippen MR) is 75.6 cm³/mol. The van der Waals surface area contributed by atoms with Crippen molar-refractivity contribution in [2.24, 2.45) is 0 Å². The smallest absolute Gasteiger partial charge is 0.134 e. The molecule has 0 aliphatic heterocycles. The highest BCUT2D eigenvalue weighted by molar-refractivity contribution is 9.10. The molecule has 1 aromatic carbocycles. The fourth-order valence-electron chi connectivity index (χ4n) is 2.19. The van der Waals surface area contributed by atoms with E-state index in [2.05, 4.69) is 48.1 Å². The number of hydrogen-bond donors (Lipinski definition) is 1. The lowest BCUT2D eigenvalue weighted by molar-refractivity contribution is 0.607. The van der Waals surface area contributed by atoms with Crippen LogP contribution in [0.4, 0.5) is 0 Å². The van der Waals surface area contributed by atoms with Crippen LogP contribution in [0.1, 0.15) is 23.6 Å². The largest absolute Gasteiger partial charge is 0.464 e. The maximum absolute atomic E-state index is 5.65. The first-order valence-corrected chi connectivity index (χ1v) is 6.81. The Morgan fingerprint density at radius 2 is 2.12 bits per heavy atom. The van der Waals surface area contributed by atoms with Gasteiger partial charge >= 0.3 is 0 Å². The van der Waals surface area contributed by atoms with Crippen molar-refractivity contribution in [1.29, 1.82) is 0 Å². The van der Waals surface area contributed by atoms with Gasteiger partial charge in [-0.1, -0.05) is 22.9 Å². The lowest BCUT2D eigenvalue weighted by Gasteiger charge is -2.06.